The SMILES string of the molecule is CC(=O)CC(N[C@@H](C)c1ccccc1)c1ccco1. The van der Waals surface area contributed by atoms with E-state index in [-0.39, 0.29) is 17.9 Å². The van der Waals surface area contributed by atoms with Crippen molar-refractivity contribution in [1.82, 2.24) is 5.32 Å². The number of rotatable bonds is 6. The van der Waals surface area contributed by atoms with E-state index in [1.807, 2.05) is 30.3 Å². The zero-order chi connectivity index (χ0) is 13.7. The molecule has 0 aliphatic heterocycles. The van der Waals surface area contributed by atoms with Gasteiger partial charge < -0.3 is 9.73 Å². The molecule has 0 radical (unpaired) electrons. The molecule has 0 saturated carbocycles. The van der Waals surface area contributed by atoms with Gasteiger partial charge in [-0.25, -0.2) is 0 Å². The number of hydrogen-bond acceptors (Lipinski definition) is 3. The lowest BCUT2D eigenvalue weighted by Gasteiger charge is -2.21. The molecular weight excluding hydrogens is 238 g/mol. The smallest absolute Gasteiger partial charge is 0.131 e. The first kappa shape index (κ1) is 13.6. The minimum Gasteiger partial charge on any atom is -0.468 e. The minimum absolute atomic E-state index is 0.0808. The second-order valence-electron chi connectivity index (χ2n) is 4.77. The van der Waals surface area contributed by atoms with Crippen LogP contribution in [-0.2, 0) is 4.79 Å². The zero-order valence-corrected chi connectivity index (χ0v) is 11.3. The zero-order valence-electron chi connectivity index (χ0n) is 11.3. The van der Waals surface area contributed by atoms with Crippen LogP contribution in [0.4, 0.5) is 0 Å². The third-order valence-corrected chi connectivity index (χ3v) is 3.13. The maximum absolute atomic E-state index is 11.4. The molecule has 0 spiro atoms. The van der Waals surface area contributed by atoms with Crippen molar-refractivity contribution in [3.63, 3.8) is 0 Å². The fourth-order valence-corrected chi connectivity index (χ4v) is 2.16. The molecular formula is C16H19NO2. The van der Waals surface area contributed by atoms with Crippen LogP contribution in [-0.4, -0.2) is 5.78 Å². The number of Topliss-reactive ketones (excluding diaryl/α,β-unsaturated/α-hetero) is 1. The van der Waals surface area contributed by atoms with Crippen molar-refractivity contribution < 1.29 is 9.21 Å². The predicted molar refractivity (Wildman–Crippen MR) is 74.7 cm³/mol. The molecule has 0 saturated heterocycles. The molecule has 2 atom stereocenters. The summed E-state index contributed by atoms with van der Waals surface area (Å²) >= 11 is 0. The summed E-state index contributed by atoms with van der Waals surface area (Å²) < 4.78 is 5.42. The number of hydrogen-bond donors (Lipinski definition) is 1. The van der Waals surface area contributed by atoms with Gasteiger partial charge in [0.2, 0.25) is 0 Å². The van der Waals surface area contributed by atoms with Crippen LogP contribution < -0.4 is 5.32 Å². The average molecular weight is 257 g/mol. The molecule has 0 bridgehead atoms. The Bertz CT molecular complexity index is 505. The maximum Gasteiger partial charge on any atom is 0.131 e. The Balaban J connectivity index is 2.10. The molecule has 2 rings (SSSR count). The van der Waals surface area contributed by atoms with Crippen LogP contribution in [0.2, 0.25) is 0 Å². The van der Waals surface area contributed by atoms with Gasteiger partial charge in [0.15, 0.2) is 0 Å². The molecule has 0 aliphatic carbocycles. The van der Waals surface area contributed by atoms with E-state index in [0.717, 1.165) is 5.76 Å². The molecule has 3 heteroatoms. The fraction of sp³-hybridized carbons (Fsp3) is 0.312. The Labute approximate surface area is 113 Å². The molecule has 1 N–H and O–H groups in total. The predicted octanol–water partition coefficient (Wildman–Crippen LogP) is 3.65. The van der Waals surface area contributed by atoms with E-state index >= 15 is 0 Å². The summed E-state index contributed by atoms with van der Waals surface area (Å²) in [5.74, 6) is 0.951. The van der Waals surface area contributed by atoms with Crippen molar-refractivity contribution in [1.29, 1.82) is 0 Å². The van der Waals surface area contributed by atoms with Gasteiger partial charge in [-0.2, -0.15) is 0 Å². The van der Waals surface area contributed by atoms with Crippen LogP contribution in [0.3, 0.4) is 0 Å². The molecule has 1 aromatic heterocycles. The lowest BCUT2D eigenvalue weighted by atomic mass is 10.0. The Morgan fingerprint density at radius 3 is 2.53 bits per heavy atom. The van der Waals surface area contributed by atoms with Gasteiger partial charge in [0.1, 0.15) is 11.5 Å². The largest absolute Gasteiger partial charge is 0.468 e. The van der Waals surface area contributed by atoms with Gasteiger partial charge in [-0.3, -0.25) is 4.79 Å². The van der Waals surface area contributed by atoms with Gasteiger partial charge in [-0.15, -0.1) is 0 Å². The van der Waals surface area contributed by atoms with Crippen molar-refractivity contribution in [3.05, 3.63) is 60.1 Å². The molecule has 0 amide bonds. The van der Waals surface area contributed by atoms with E-state index in [9.17, 15) is 4.79 Å². The van der Waals surface area contributed by atoms with Crippen molar-refractivity contribution >= 4 is 5.78 Å². The van der Waals surface area contributed by atoms with Gasteiger partial charge in [0, 0.05) is 12.5 Å². The standard InChI is InChI=1S/C16H19NO2/c1-12(18)11-15(16-9-6-10-19-16)17-13(2)14-7-4-3-5-8-14/h3-10,13,15,17H,11H2,1-2H3/t13-,15?/m0/s1. The van der Waals surface area contributed by atoms with Crippen molar-refractivity contribution in [3.8, 4) is 0 Å². The topological polar surface area (TPSA) is 42.2 Å². The van der Waals surface area contributed by atoms with E-state index in [0.29, 0.717) is 6.42 Å². The summed E-state index contributed by atoms with van der Waals surface area (Å²) in [6.45, 7) is 3.69. The van der Waals surface area contributed by atoms with Gasteiger partial charge in [-0.1, -0.05) is 30.3 Å². The molecule has 1 heterocycles. The molecule has 19 heavy (non-hydrogen) atoms. The van der Waals surface area contributed by atoms with E-state index in [4.69, 9.17) is 4.42 Å². The highest BCUT2D eigenvalue weighted by Gasteiger charge is 2.19. The van der Waals surface area contributed by atoms with Crippen LogP contribution in [0.5, 0.6) is 0 Å². The Morgan fingerprint density at radius 1 is 1.21 bits per heavy atom. The van der Waals surface area contributed by atoms with Crippen LogP contribution >= 0.6 is 0 Å². The molecule has 2 aromatic rings. The highest BCUT2D eigenvalue weighted by Crippen LogP contribution is 2.22. The molecule has 1 aromatic carbocycles. The van der Waals surface area contributed by atoms with E-state index < -0.39 is 0 Å². The van der Waals surface area contributed by atoms with E-state index in [1.54, 1.807) is 13.2 Å². The summed E-state index contributed by atoms with van der Waals surface area (Å²) in [6.07, 6.45) is 2.07. The van der Waals surface area contributed by atoms with Gasteiger partial charge in [-0.05, 0) is 31.5 Å². The van der Waals surface area contributed by atoms with Gasteiger partial charge >= 0.3 is 0 Å². The average Bonchev–Trinajstić information content (AvgIpc) is 2.92. The summed E-state index contributed by atoms with van der Waals surface area (Å²) in [5, 5.41) is 3.45. The number of carbonyl (C=O) groups is 1. The molecule has 0 aliphatic rings. The third-order valence-electron chi connectivity index (χ3n) is 3.13. The molecule has 0 fully saturated rings. The Kier molecular flexibility index (Phi) is 4.53. The summed E-state index contributed by atoms with van der Waals surface area (Å²) in [4.78, 5) is 11.4. The monoisotopic (exact) mass is 257 g/mol. The number of furan rings is 1. The molecule has 3 nitrogen and oxygen atoms in total. The maximum atomic E-state index is 11.4. The second-order valence-corrected chi connectivity index (χ2v) is 4.77. The van der Waals surface area contributed by atoms with Crippen LogP contribution in [0.25, 0.3) is 0 Å². The number of ketones is 1. The number of benzene rings is 1. The first-order chi connectivity index (χ1) is 9.16. The van der Waals surface area contributed by atoms with Crippen molar-refractivity contribution in [2.24, 2.45) is 0 Å². The van der Waals surface area contributed by atoms with Gasteiger partial charge in [0.05, 0.1) is 12.3 Å². The Morgan fingerprint density at radius 2 is 1.95 bits per heavy atom. The lowest BCUT2D eigenvalue weighted by Crippen LogP contribution is -2.26. The minimum atomic E-state index is -0.0808. The second kappa shape index (κ2) is 6.34. The van der Waals surface area contributed by atoms with Crippen LogP contribution in [0.1, 0.15) is 43.7 Å². The van der Waals surface area contributed by atoms with Crippen molar-refractivity contribution in [2.45, 2.75) is 32.4 Å². The Hall–Kier alpha value is -1.87. The molecule has 100 valence electrons. The van der Waals surface area contributed by atoms with Gasteiger partial charge in [0.25, 0.3) is 0 Å². The first-order valence-corrected chi connectivity index (χ1v) is 6.50. The highest BCUT2D eigenvalue weighted by molar-refractivity contribution is 5.76. The summed E-state index contributed by atoms with van der Waals surface area (Å²) in [7, 11) is 0. The number of carbonyl (C=O) groups excluding carboxylic acids is 1. The fourth-order valence-electron chi connectivity index (χ4n) is 2.16. The highest BCUT2D eigenvalue weighted by atomic mass is 16.3. The first-order valence-electron chi connectivity index (χ1n) is 6.50. The third kappa shape index (κ3) is 3.80. The lowest BCUT2D eigenvalue weighted by molar-refractivity contribution is -0.117. The summed E-state index contributed by atoms with van der Waals surface area (Å²) in [6, 6.07) is 14.0. The quantitative estimate of drug-likeness (QED) is 0.858. The normalized spacial score (nSPS) is 14.0. The molecule has 1 unspecified atom stereocenters. The van der Waals surface area contributed by atoms with E-state index in [2.05, 4.69) is 24.4 Å². The number of nitrogens with one attached hydrogen (secondary N) is 1. The van der Waals surface area contributed by atoms with Crippen LogP contribution in [0.15, 0.2) is 53.1 Å². The van der Waals surface area contributed by atoms with E-state index in [1.165, 1.54) is 5.56 Å². The van der Waals surface area contributed by atoms with Crippen molar-refractivity contribution in [2.75, 3.05) is 0 Å². The van der Waals surface area contributed by atoms with Crippen LogP contribution in [0, 0.1) is 0 Å². The summed E-state index contributed by atoms with van der Waals surface area (Å²) in [5.41, 5.74) is 1.20.